The summed E-state index contributed by atoms with van der Waals surface area (Å²) in [4.78, 5) is 29.9. The number of anilines is 1. The van der Waals surface area contributed by atoms with Crippen molar-refractivity contribution in [2.75, 3.05) is 12.4 Å². The molecular formula is C11H10BrN5O3. The molecule has 0 spiro atoms. The summed E-state index contributed by atoms with van der Waals surface area (Å²) in [5, 5.41) is 13.6. The van der Waals surface area contributed by atoms with Crippen LogP contribution in [0.3, 0.4) is 0 Å². The topological polar surface area (TPSA) is 103 Å². The van der Waals surface area contributed by atoms with Gasteiger partial charge in [-0.15, -0.1) is 0 Å². The molecule has 0 bridgehead atoms. The smallest absolute Gasteiger partial charge is 0.333 e. The summed E-state index contributed by atoms with van der Waals surface area (Å²) in [6.45, 7) is 0.275. The predicted molar refractivity (Wildman–Crippen MR) is 75.7 cm³/mol. The molecule has 0 aliphatic heterocycles. The summed E-state index contributed by atoms with van der Waals surface area (Å²) in [7, 11) is 1.73. The lowest BCUT2D eigenvalue weighted by Crippen LogP contribution is -2.14. The van der Waals surface area contributed by atoms with Gasteiger partial charge in [0.2, 0.25) is 0 Å². The molecule has 2 rings (SSSR count). The van der Waals surface area contributed by atoms with Crippen molar-refractivity contribution < 1.29 is 4.92 Å². The first-order valence-electron chi connectivity index (χ1n) is 5.54. The molecule has 0 saturated carbocycles. The van der Waals surface area contributed by atoms with Crippen molar-refractivity contribution in [2.24, 2.45) is 0 Å². The van der Waals surface area contributed by atoms with Crippen LogP contribution >= 0.6 is 15.9 Å². The second kappa shape index (κ2) is 5.78. The minimum Gasteiger partial charge on any atom is -0.372 e. The molecule has 8 nitrogen and oxygen atoms in total. The number of nitrogens with zero attached hydrogens (tertiary/aromatic N) is 4. The Labute approximate surface area is 121 Å². The van der Waals surface area contributed by atoms with E-state index in [0.717, 1.165) is 0 Å². The van der Waals surface area contributed by atoms with E-state index in [9.17, 15) is 14.9 Å². The van der Waals surface area contributed by atoms with E-state index in [0.29, 0.717) is 11.5 Å². The van der Waals surface area contributed by atoms with Crippen LogP contribution in [-0.4, -0.2) is 26.5 Å². The van der Waals surface area contributed by atoms with Crippen LogP contribution in [0.1, 0.15) is 5.69 Å². The van der Waals surface area contributed by atoms with Crippen LogP contribution in [0, 0.1) is 10.1 Å². The van der Waals surface area contributed by atoms with E-state index < -0.39 is 16.0 Å². The molecule has 20 heavy (non-hydrogen) atoms. The molecule has 0 aliphatic carbocycles. The van der Waals surface area contributed by atoms with E-state index in [-0.39, 0.29) is 11.0 Å². The Morgan fingerprint density at radius 2 is 2.15 bits per heavy atom. The maximum Gasteiger partial charge on any atom is 0.333 e. The van der Waals surface area contributed by atoms with Gasteiger partial charge in [0.1, 0.15) is 5.82 Å². The third-order valence-electron chi connectivity index (χ3n) is 2.52. The number of hydrogen-bond acceptors (Lipinski definition) is 6. The number of hydrogen-bond donors (Lipinski definition) is 1. The van der Waals surface area contributed by atoms with E-state index in [2.05, 4.69) is 31.2 Å². The Kier molecular flexibility index (Phi) is 4.08. The average Bonchev–Trinajstić information content (AvgIpc) is 2.43. The molecule has 2 aromatic heterocycles. The van der Waals surface area contributed by atoms with Gasteiger partial charge in [0.25, 0.3) is 5.43 Å². The lowest BCUT2D eigenvalue weighted by molar-refractivity contribution is -0.386. The maximum atomic E-state index is 11.6. The van der Waals surface area contributed by atoms with Gasteiger partial charge in [-0.2, -0.15) is 0 Å². The zero-order chi connectivity index (χ0) is 14.7. The van der Waals surface area contributed by atoms with Crippen LogP contribution in [0.5, 0.6) is 0 Å². The summed E-state index contributed by atoms with van der Waals surface area (Å²) in [6, 6.07) is 0. The third-order valence-corrected chi connectivity index (χ3v) is 3.08. The molecule has 0 aromatic carbocycles. The molecule has 0 atom stereocenters. The van der Waals surface area contributed by atoms with Gasteiger partial charge in [0, 0.05) is 13.2 Å². The van der Waals surface area contributed by atoms with Crippen molar-refractivity contribution in [1.29, 1.82) is 0 Å². The molecule has 0 aliphatic rings. The van der Waals surface area contributed by atoms with Crippen molar-refractivity contribution in [3.8, 4) is 0 Å². The third kappa shape index (κ3) is 2.99. The molecule has 0 radical (unpaired) electrons. The Hall–Kier alpha value is -2.29. The average molecular weight is 340 g/mol. The highest BCUT2D eigenvalue weighted by molar-refractivity contribution is 9.10. The first-order valence-corrected chi connectivity index (χ1v) is 6.33. The van der Waals surface area contributed by atoms with E-state index in [1.54, 1.807) is 19.4 Å². The second-order valence-electron chi connectivity index (χ2n) is 3.89. The fourth-order valence-corrected chi connectivity index (χ4v) is 2.02. The van der Waals surface area contributed by atoms with Gasteiger partial charge in [-0.25, -0.2) is 4.98 Å². The summed E-state index contributed by atoms with van der Waals surface area (Å²) in [5.41, 5.74) is -0.518. The lowest BCUT2D eigenvalue weighted by Gasteiger charge is -2.06. The quantitative estimate of drug-likeness (QED) is 0.667. The number of nitrogens with one attached hydrogen (secondary N) is 1. The summed E-state index contributed by atoms with van der Waals surface area (Å²) in [5.74, 6) is 0.626. The molecule has 104 valence electrons. The van der Waals surface area contributed by atoms with Crippen molar-refractivity contribution in [3.05, 3.63) is 55.3 Å². The van der Waals surface area contributed by atoms with Gasteiger partial charge in [-0.3, -0.25) is 19.9 Å². The van der Waals surface area contributed by atoms with Crippen molar-refractivity contribution in [2.45, 2.75) is 6.54 Å². The van der Waals surface area contributed by atoms with Crippen LogP contribution in [0.4, 0.5) is 11.5 Å². The largest absolute Gasteiger partial charge is 0.372 e. The highest BCUT2D eigenvalue weighted by Crippen LogP contribution is 2.12. The number of aromatic nitrogens is 3. The summed E-state index contributed by atoms with van der Waals surface area (Å²) in [6.07, 6.45) is 5.77. The Morgan fingerprint density at radius 3 is 2.70 bits per heavy atom. The fourth-order valence-electron chi connectivity index (χ4n) is 1.55. The van der Waals surface area contributed by atoms with Crippen LogP contribution in [-0.2, 0) is 6.54 Å². The van der Waals surface area contributed by atoms with E-state index in [4.69, 9.17) is 0 Å². The first-order chi connectivity index (χ1) is 9.51. The van der Waals surface area contributed by atoms with Gasteiger partial charge in [-0.1, -0.05) is 0 Å². The zero-order valence-electron chi connectivity index (χ0n) is 10.4. The molecule has 9 heteroatoms. The van der Waals surface area contributed by atoms with Crippen LogP contribution < -0.4 is 10.7 Å². The monoisotopic (exact) mass is 339 g/mol. The van der Waals surface area contributed by atoms with Gasteiger partial charge >= 0.3 is 5.69 Å². The summed E-state index contributed by atoms with van der Waals surface area (Å²) >= 11 is 3.02. The van der Waals surface area contributed by atoms with Crippen LogP contribution in [0.25, 0.3) is 0 Å². The minimum atomic E-state index is -0.709. The van der Waals surface area contributed by atoms with E-state index in [1.165, 1.54) is 17.0 Å². The lowest BCUT2D eigenvalue weighted by atomic mass is 10.3. The molecule has 0 unspecified atom stereocenters. The highest BCUT2D eigenvalue weighted by atomic mass is 79.9. The number of nitro groups is 1. The first kappa shape index (κ1) is 14.1. The molecule has 1 N–H and O–H groups in total. The maximum absolute atomic E-state index is 11.6. The molecule has 2 aromatic rings. The summed E-state index contributed by atoms with van der Waals surface area (Å²) < 4.78 is 1.64. The molecule has 2 heterocycles. The zero-order valence-corrected chi connectivity index (χ0v) is 12.0. The van der Waals surface area contributed by atoms with Gasteiger partial charge in [0.15, 0.2) is 0 Å². The van der Waals surface area contributed by atoms with Crippen LogP contribution in [0.2, 0.25) is 0 Å². The van der Waals surface area contributed by atoms with Crippen molar-refractivity contribution in [3.63, 3.8) is 0 Å². The molecule has 0 amide bonds. The highest BCUT2D eigenvalue weighted by Gasteiger charge is 2.16. The number of rotatable bonds is 4. The second-order valence-corrected chi connectivity index (χ2v) is 4.75. The predicted octanol–water partition coefficient (Wildman–Crippen LogP) is 1.40. The SMILES string of the molecule is CNc1cnc(Cn2cc(Br)c(=O)c([N+](=O)[O-])c2)cn1. The fraction of sp³-hybridized carbons (Fsp3) is 0.182. The Balaban J connectivity index is 2.33. The van der Waals surface area contributed by atoms with Gasteiger partial charge < -0.3 is 9.88 Å². The van der Waals surface area contributed by atoms with Crippen molar-refractivity contribution in [1.82, 2.24) is 14.5 Å². The molecular weight excluding hydrogens is 330 g/mol. The normalized spacial score (nSPS) is 10.3. The number of pyridine rings is 1. The van der Waals surface area contributed by atoms with Crippen LogP contribution in [0.15, 0.2) is 34.1 Å². The van der Waals surface area contributed by atoms with E-state index in [1.807, 2.05) is 0 Å². The molecule has 0 fully saturated rings. The van der Waals surface area contributed by atoms with E-state index >= 15 is 0 Å². The Bertz CT molecular complexity index is 698. The Morgan fingerprint density at radius 1 is 1.40 bits per heavy atom. The number of halogens is 1. The minimum absolute atomic E-state index is 0.131. The van der Waals surface area contributed by atoms with Gasteiger partial charge in [-0.05, 0) is 15.9 Å². The van der Waals surface area contributed by atoms with Crippen molar-refractivity contribution >= 4 is 27.4 Å². The standard InChI is InChI=1S/C11H10BrN5O3/c1-13-10-3-14-7(2-15-10)4-16-5-8(12)11(18)9(6-16)17(19)20/h2-3,5-6H,4H2,1H3,(H,13,15). The van der Waals surface area contributed by atoms with Gasteiger partial charge in [0.05, 0.1) is 40.2 Å². The molecule has 0 saturated heterocycles.